The van der Waals surface area contributed by atoms with Gasteiger partial charge in [0, 0.05) is 10.0 Å². The summed E-state index contributed by atoms with van der Waals surface area (Å²) in [4.78, 5) is 0. The topological polar surface area (TPSA) is 0 Å². The first kappa shape index (κ1) is 22.0. The van der Waals surface area contributed by atoms with Gasteiger partial charge in [0.1, 0.15) is 13.1 Å². The van der Waals surface area contributed by atoms with Crippen molar-refractivity contribution in [2.24, 2.45) is 17.3 Å². The van der Waals surface area contributed by atoms with Crippen molar-refractivity contribution in [3.05, 3.63) is 70.2 Å². The highest BCUT2D eigenvalue weighted by Crippen LogP contribution is 2.58. The van der Waals surface area contributed by atoms with Gasteiger partial charge in [-0.05, 0) is 52.9 Å². The van der Waals surface area contributed by atoms with E-state index >= 15 is 0 Å². The minimum Gasteiger partial charge on any atom is -1.00 e. The summed E-state index contributed by atoms with van der Waals surface area (Å²) < 4.78 is 2.18. The van der Waals surface area contributed by atoms with Crippen molar-refractivity contribution in [3.63, 3.8) is 0 Å². The molecule has 2 atom stereocenters. The third kappa shape index (κ3) is 4.41. The Morgan fingerprint density at radius 1 is 1.00 bits per heavy atom. The van der Waals surface area contributed by atoms with Crippen LogP contribution in [0, 0.1) is 17.3 Å². The Morgan fingerprint density at radius 3 is 2.25 bits per heavy atom. The smallest absolute Gasteiger partial charge is 0.104 e. The summed E-state index contributed by atoms with van der Waals surface area (Å²) >= 11 is 3.66. The SMILES string of the molecule is CC1(C)[C@@H]2CC(C[N+](C)(C)Cc3ccc(-c4ccccc4Br)cc3)=C[C@H]1C2.[I-]. The molecule has 0 unspecified atom stereocenters. The number of nitrogens with zero attached hydrogens (tertiary/aromatic N) is 1. The van der Waals surface area contributed by atoms with Crippen LogP contribution in [0.5, 0.6) is 0 Å². The molecule has 2 aromatic rings. The number of quaternary nitrogens is 1. The maximum absolute atomic E-state index is 3.66. The molecule has 1 saturated carbocycles. The predicted molar refractivity (Wildman–Crippen MR) is 118 cm³/mol. The van der Waals surface area contributed by atoms with Gasteiger partial charge in [-0.2, -0.15) is 0 Å². The summed E-state index contributed by atoms with van der Waals surface area (Å²) in [6, 6.07) is 17.5. The van der Waals surface area contributed by atoms with E-state index in [4.69, 9.17) is 0 Å². The average molecular weight is 552 g/mol. The van der Waals surface area contributed by atoms with Crippen molar-refractivity contribution in [3.8, 4) is 11.1 Å². The van der Waals surface area contributed by atoms with Gasteiger partial charge in [-0.3, -0.25) is 0 Å². The second kappa shape index (κ2) is 8.23. The molecule has 1 nitrogen and oxygen atoms in total. The maximum atomic E-state index is 3.66. The number of allylic oxidation sites excluding steroid dienone is 1. The summed E-state index contributed by atoms with van der Waals surface area (Å²) in [5, 5.41) is 0. The molecule has 0 aliphatic heterocycles. The summed E-state index contributed by atoms with van der Waals surface area (Å²) in [6.07, 6.45) is 5.34. The lowest BCUT2D eigenvalue weighted by molar-refractivity contribution is -0.899. The van der Waals surface area contributed by atoms with E-state index in [0.717, 1.165) is 27.3 Å². The second-order valence-electron chi connectivity index (χ2n) is 9.82. The fraction of sp³-hybridized carbons (Fsp3) is 0.440. The molecular weight excluding hydrogens is 521 g/mol. The minimum atomic E-state index is 0. The zero-order chi connectivity index (χ0) is 19.2. The van der Waals surface area contributed by atoms with E-state index in [9.17, 15) is 0 Å². The first-order valence-corrected chi connectivity index (χ1v) is 10.9. The summed E-state index contributed by atoms with van der Waals surface area (Å²) in [5.74, 6) is 1.72. The van der Waals surface area contributed by atoms with Crippen molar-refractivity contribution in [1.82, 2.24) is 0 Å². The molecule has 28 heavy (non-hydrogen) atoms. The average Bonchev–Trinajstić information content (AvgIpc) is 2.62. The molecule has 1 fully saturated rings. The minimum absolute atomic E-state index is 0. The summed E-state index contributed by atoms with van der Waals surface area (Å²) in [7, 11) is 4.74. The Morgan fingerprint density at radius 2 is 1.68 bits per heavy atom. The molecule has 5 rings (SSSR count). The number of hydrogen-bond donors (Lipinski definition) is 0. The van der Waals surface area contributed by atoms with E-state index in [1.165, 1.54) is 36.1 Å². The van der Waals surface area contributed by atoms with Crippen LogP contribution < -0.4 is 24.0 Å². The largest absolute Gasteiger partial charge is 1.00 e. The normalized spacial score (nSPS) is 22.7. The number of rotatable bonds is 5. The van der Waals surface area contributed by atoms with Gasteiger partial charge in [0.05, 0.1) is 14.1 Å². The molecular formula is C25H31BrIN. The standard InChI is InChI=1S/C25H31BrN.HI/c1-25(2)21-13-19(14-22(25)15-21)17-27(3,4)16-18-9-11-20(12-10-18)23-7-5-6-8-24(23)26;/h5-13,21-22H,14-17H2,1-4H3;1H/q+1;/p-1/t21-,22+;/m0./s1. The van der Waals surface area contributed by atoms with Gasteiger partial charge < -0.3 is 28.5 Å². The lowest BCUT2D eigenvalue weighted by Crippen LogP contribution is -3.00. The van der Waals surface area contributed by atoms with E-state index in [-0.39, 0.29) is 24.0 Å². The molecule has 0 radical (unpaired) electrons. The number of likely N-dealkylation sites (N-methyl/N-ethyl adjacent to an activating group) is 1. The maximum Gasteiger partial charge on any atom is 0.104 e. The van der Waals surface area contributed by atoms with Gasteiger partial charge in [-0.1, -0.05) is 78.3 Å². The number of hydrogen-bond acceptors (Lipinski definition) is 0. The van der Waals surface area contributed by atoms with E-state index < -0.39 is 0 Å². The number of benzene rings is 2. The molecule has 3 aliphatic carbocycles. The lowest BCUT2D eigenvalue weighted by Gasteiger charge is -2.55. The van der Waals surface area contributed by atoms with Crippen LogP contribution in [0.4, 0.5) is 0 Å². The Bertz CT molecular complexity index is 866. The van der Waals surface area contributed by atoms with Crippen LogP contribution in [0.1, 0.15) is 32.3 Å². The number of fused-ring (bicyclic) bond motifs is 1. The van der Waals surface area contributed by atoms with E-state index in [1.54, 1.807) is 5.57 Å². The Balaban J connectivity index is 0.00000225. The van der Waals surface area contributed by atoms with Gasteiger partial charge in [-0.15, -0.1) is 0 Å². The molecule has 2 aromatic carbocycles. The van der Waals surface area contributed by atoms with Crippen LogP contribution in [0.2, 0.25) is 0 Å². The van der Waals surface area contributed by atoms with E-state index in [2.05, 4.69) is 98.5 Å². The Labute approximate surface area is 196 Å². The van der Waals surface area contributed by atoms with Crippen molar-refractivity contribution >= 4 is 15.9 Å². The monoisotopic (exact) mass is 551 g/mol. The fourth-order valence-corrected chi connectivity index (χ4v) is 5.57. The van der Waals surface area contributed by atoms with Crippen LogP contribution in [-0.2, 0) is 6.54 Å². The van der Waals surface area contributed by atoms with Crippen LogP contribution in [0.3, 0.4) is 0 Å². The van der Waals surface area contributed by atoms with Crippen LogP contribution in [0.15, 0.2) is 64.7 Å². The first-order valence-electron chi connectivity index (χ1n) is 10.1. The quantitative estimate of drug-likeness (QED) is 0.302. The molecule has 2 bridgehead atoms. The molecule has 150 valence electrons. The molecule has 0 amide bonds. The van der Waals surface area contributed by atoms with Crippen molar-refractivity contribution in [1.29, 1.82) is 0 Å². The van der Waals surface area contributed by atoms with E-state index in [1.807, 2.05) is 0 Å². The lowest BCUT2D eigenvalue weighted by atomic mass is 9.50. The van der Waals surface area contributed by atoms with Crippen LogP contribution in [0.25, 0.3) is 11.1 Å². The van der Waals surface area contributed by atoms with Gasteiger partial charge in [0.2, 0.25) is 0 Å². The van der Waals surface area contributed by atoms with E-state index in [0.29, 0.717) is 5.41 Å². The molecule has 0 N–H and O–H groups in total. The van der Waals surface area contributed by atoms with Crippen molar-refractivity contribution in [2.75, 3.05) is 20.6 Å². The zero-order valence-corrected chi connectivity index (χ0v) is 21.1. The summed E-state index contributed by atoms with van der Waals surface area (Å²) in [5.41, 5.74) is 6.17. The van der Waals surface area contributed by atoms with Gasteiger partial charge in [0.25, 0.3) is 0 Å². The van der Waals surface area contributed by atoms with Gasteiger partial charge in [0.15, 0.2) is 0 Å². The van der Waals surface area contributed by atoms with Crippen LogP contribution in [-0.4, -0.2) is 25.1 Å². The molecule has 3 heteroatoms. The number of halogens is 2. The summed E-state index contributed by atoms with van der Waals surface area (Å²) in [6.45, 7) is 7.15. The highest BCUT2D eigenvalue weighted by Gasteiger charge is 2.50. The molecule has 0 heterocycles. The molecule has 0 spiro atoms. The van der Waals surface area contributed by atoms with Gasteiger partial charge >= 0.3 is 0 Å². The van der Waals surface area contributed by atoms with Gasteiger partial charge in [-0.25, -0.2) is 0 Å². The third-order valence-corrected chi connectivity index (χ3v) is 7.56. The third-order valence-electron chi connectivity index (χ3n) is 6.87. The molecule has 0 aromatic heterocycles. The van der Waals surface area contributed by atoms with Crippen LogP contribution >= 0.6 is 15.9 Å². The molecule has 3 aliphatic rings. The molecule has 0 saturated heterocycles. The Hall–Kier alpha value is -0.650. The van der Waals surface area contributed by atoms with Crippen molar-refractivity contribution in [2.45, 2.75) is 33.2 Å². The highest BCUT2D eigenvalue weighted by atomic mass is 127. The second-order valence-corrected chi connectivity index (χ2v) is 10.7. The zero-order valence-electron chi connectivity index (χ0n) is 17.4. The van der Waals surface area contributed by atoms with Crippen molar-refractivity contribution < 1.29 is 28.5 Å². The fourth-order valence-electron chi connectivity index (χ4n) is 5.06. The predicted octanol–water partition coefficient (Wildman–Crippen LogP) is 3.69. The highest BCUT2D eigenvalue weighted by molar-refractivity contribution is 9.10. The first-order chi connectivity index (χ1) is 12.7. The Kier molecular flexibility index (Phi) is 6.48.